The summed E-state index contributed by atoms with van der Waals surface area (Å²) in [6.07, 6.45) is 0. The van der Waals surface area contributed by atoms with E-state index in [1.807, 2.05) is 13.8 Å². The molecule has 0 aromatic heterocycles. The highest BCUT2D eigenvalue weighted by atomic mass is 35.5. The third-order valence-electron chi connectivity index (χ3n) is 3.70. The molecule has 0 bridgehead atoms. The quantitative estimate of drug-likeness (QED) is 0.747. The van der Waals surface area contributed by atoms with Crippen molar-refractivity contribution in [3.05, 3.63) is 64.7 Å². The maximum atomic E-state index is 13.5. The number of benzene rings is 2. The lowest BCUT2D eigenvalue weighted by Gasteiger charge is -2.20. The van der Waals surface area contributed by atoms with E-state index in [2.05, 4.69) is 5.32 Å². The first-order valence-corrected chi connectivity index (χ1v) is 8.32. The van der Waals surface area contributed by atoms with Crippen LogP contribution < -0.4 is 5.32 Å². The standard InChI is InChI=1S/C19H18ClF2NO3/c1-11(2)18(12-3-5-13(20)6-4-12)19(25)26-10-17(24)23-16-8-7-14(21)9-15(16)22/h3-9,11,18H,10H2,1-2H3,(H,23,24)/t18-/m0/s1. The Kier molecular flexibility index (Phi) is 6.69. The topological polar surface area (TPSA) is 55.4 Å². The van der Waals surface area contributed by atoms with Crippen LogP contribution in [0.2, 0.25) is 5.02 Å². The molecule has 138 valence electrons. The predicted octanol–water partition coefficient (Wildman–Crippen LogP) is 4.54. The van der Waals surface area contributed by atoms with Gasteiger partial charge < -0.3 is 10.1 Å². The second-order valence-corrected chi connectivity index (χ2v) is 6.49. The third-order valence-corrected chi connectivity index (χ3v) is 3.95. The van der Waals surface area contributed by atoms with Crippen LogP contribution in [0.5, 0.6) is 0 Å². The van der Waals surface area contributed by atoms with Crippen LogP contribution in [0.3, 0.4) is 0 Å². The fourth-order valence-electron chi connectivity index (χ4n) is 2.47. The Labute approximate surface area is 155 Å². The molecule has 2 rings (SSSR count). The van der Waals surface area contributed by atoms with Crippen molar-refractivity contribution in [3.8, 4) is 0 Å². The zero-order chi connectivity index (χ0) is 19.3. The van der Waals surface area contributed by atoms with E-state index in [9.17, 15) is 18.4 Å². The summed E-state index contributed by atoms with van der Waals surface area (Å²) in [6.45, 7) is 3.13. The van der Waals surface area contributed by atoms with E-state index >= 15 is 0 Å². The summed E-state index contributed by atoms with van der Waals surface area (Å²) < 4.78 is 31.5. The molecule has 0 aliphatic heterocycles. The van der Waals surface area contributed by atoms with Crippen molar-refractivity contribution < 1.29 is 23.1 Å². The minimum atomic E-state index is -0.911. The molecule has 2 aromatic carbocycles. The number of rotatable bonds is 6. The van der Waals surface area contributed by atoms with Gasteiger partial charge in [0.2, 0.25) is 0 Å². The van der Waals surface area contributed by atoms with Gasteiger partial charge in [0.1, 0.15) is 11.6 Å². The number of esters is 1. The molecule has 0 saturated heterocycles. The van der Waals surface area contributed by atoms with Crippen molar-refractivity contribution >= 4 is 29.2 Å². The highest BCUT2D eigenvalue weighted by molar-refractivity contribution is 6.30. The van der Waals surface area contributed by atoms with Crippen LogP contribution in [0.25, 0.3) is 0 Å². The first kappa shape index (κ1) is 19.8. The zero-order valence-corrected chi connectivity index (χ0v) is 15.0. The third kappa shape index (κ3) is 5.26. The maximum absolute atomic E-state index is 13.5. The van der Waals surface area contributed by atoms with Gasteiger partial charge in [-0.2, -0.15) is 0 Å². The van der Waals surface area contributed by atoms with Crippen molar-refractivity contribution in [1.29, 1.82) is 0 Å². The van der Waals surface area contributed by atoms with Crippen LogP contribution in [0, 0.1) is 17.6 Å². The number of hydrogen-bond acceptors (Lipinski definition) is 3. The molecule has 7 heteroatoms. The highest BCUT2D eigenvalue weighted by Gasteiger charge is 2.26. The van der Waals surface area contributed by atoms with Crippen LogP contribution in [-0.2, 0) is 14.3 Å². The summed E-state index contributed by atoms with van der Waals surface area (Å²) in [5, 5.41) is 2.78. The number of hydrogen-bond donors (Lipinski definition) is 1. The van der Waals surface area contributed by atoms with Gasteiger partial charge in [-0.1, -0.05) is 37.6 Å². The molecule has 0 heterocycles. The summed E-state index contributed by atoms with van der Waals surface area (Å²) in [6, 6.07) is 9.55. The van der Waals surface area contributed by atoms with Gasteiger partial charge >= 0.3 is 5.97 Å². The molecule has 0 aliphatic carbocycles. The second-order valence-electron chi connectivity index (χ2n) is 6.05. The zero-order valence-electron chi connectivity index (χ0n) is 14.3. The number of carbonyl (C=O) groups is 2. The fraction of sp³-hybridized carbons (Fsp3) is 0.263. The Balaban J connectivity index is 1.98. The molecule has 0 saturated carbocycles. The number of ether oxygens (including phenoxy) is 1. The number of anilines is 1. The molecule has 0 radical (unpaired) electrons. The maximum Gasteiger partial charge on any atom is 0.314 e. The lowest BCUT2D eigenvalue weighted by atomic mass is 9.88. The number of amides is 1. The van der Waals surface area contributed by atoms with E-state index in [1.165, 1.54) is 0 Å². The molecule has 1 atom stereocenters. The Morgan fingerprint density at radius 2 is 1.77 bits per heavy atom. The summed E-state index contributed by atoms with van der Waals surface area (Å²) in [5.41, 5.74) is 0.532. The van der Waals surface area contributed by atoms with E-state index in [0.717, 1.165) is 17.7 Å². The fourth-order valence-corrected chi connectivity index (χ4v) is 2.59. The second kappa shape index (κ2) is 8.76. The van der Waals surface area contributed by atoms with Crippen LogP contribution in [0.4, 0.5) is 14.5 Å². The Morgan fingerprint density at radius 3 is 2.35 bits per heavy atom. The molecule has 2 aromatic rings. The van der Waals surface area contributed by atoms with E-state index in [-0.39, 0.29) is 11.6 Å². The van der Waals surface area contributed by atoms with Gasteiger partial charge in [-0.25, -0.2) is 8.78 Å². The van der Waals surface area contributed by atoms with Crippen LogP contribution >= 0.6 is 11.6 Å². The SMILES string of the molecule is CC(C)[C@H](C(=O)OCC(=O)Nc1ccc(F)cc1F)c1ccc(Cl)cc1. The summed E-state index contributed by atoms with van der Waals surface area (Å²) in [7, 11) is 0. The van der Waals surface area contributed by atoms with Crippen LogP contribution in [0.15, 0.2) is 42.5 Å². The van der Waals surface area contributed by atoms with Crippen LogP contribution in [0.1, 0.15) is 25.3 Å². The minimum Gasteiger partial charge on any atom is -0.455 e. The Hall–Kier alpha value is -2.47. The molecule has 0 spiro atoms. The van der Waals surface area contributed by atoms with Crippen molar-refractivity contribution in [2.45, 2.75) is 19.8 Å². The highest BCUT2D eigenvalue weighted by Crippen LogP contribution is 2.27. The van der Waals surface area contributed by atoms with Crippen molar-refractivity contribution in [1.82, 2.24) is 0 Å². The largest absolute Gasteiger partial charge is 0.455 e. The van der Waals surface area contributed by atoms with Gasteiger partial charge in [-0.05, 0) is 35.7 Å². The predicted molar refractivity (Wildman–Crippen MR) is 95.0 cm³/mol. The molecule has 0 aliphatic rings. The van der Waals surface area contributed by atoms with Crippen molar-refractivity contribution in [2.75, 3.05) is 11.9 Å². The molecule has 0 unspecified atom stereocenters. The van der Waals surface area contributed by atoms with Gasteiger partial charge in [0, 0.05) is 11.1 Å². The molecule has 1 amide bonds. The molecular weight excluding hydrogens is 364 g/mol. The van der Waals surface area contributed by atoms with E-state index < -0.39 is 36.0 Å². The Bertz CT molecular complexity index is 794. The van der Waals surface area contributed by atoms with Gasteiger partial charge in [0.05, 0.1) is 11.6 Å². The molecular formula is C19H18ClF2NO3. The lowest BCUT2D eigenvalue weighted by Crippen LogP contribution is -2.26. The summed E-state index contributed by atoms with van der Waals surface area (Å²) >= 11 is 5.85. The van der Waals surface area contributed by atoms with Crippen molar-refractivity contribution in [3.63, 3.8) is 0 Å². The van der Waals surface area contributed by atoms with E-state index in [4.69, 9.17) is 16.3 Å². The van der Waals surface area contributed by atoms with Gasteiger partial charge in [-0.15, -0.1) is 0 Å². The minimum absolute atomic E-state index is 0.0683. The number of carbonyl (C=O) groups excluding carboxylic acids is 2. The number of halogens is 3. The average Bonchev–Trinajstić information content (AvgIpc) is 2.57. The van der Waals surface area contributed by atoms with E-state index in [1.54, 1.807) is 24.3 Å². The first-order chi connectivity index (χ1) is 12.3. The van der Waals surface area contributed by atoms with E-state index in [0.29, 0.717) is 11.1 Å². The summed E-state index contributed by atoms with van der Waals surface area (Å²) in [5.74, 6) is -3.59. The first-order valence-electron chi connectivity index (χ1n) is 7.95. The van der Waals surface area contributed by atoms with Crippen LogP contribution in [-0.4, -0.2) is 18.5 Å². The van der Waals surface area contributed by atoms with Gasteiger partial charge in [-0.3, -0.25) is 9.59 Å². The monoisotopic (exact) mass is 381 g/mol. The Morgan fingerprint density at radius 1 is 1.12 bits per heavy atom. The molecule has 4 nitrogen and oxygen atoms in total. The average molecular weight is 382 g/mol. The smallest absolute Gasteiger partial charge is 0.314 e. The van der Waals surface area contributed by atoms with Gasteiger partial charge in [0.25, 0.3) is 5.91 Å². The summed E-state index contributed by atoms with van der Waals surface area (Å²) in [4.78, 5) is 24.2. The molecule has 1 N–H and O–H groups in total. The number of nitrogens with one attached hydrogen (secondary N) is 1. The lowest BCUT2D eigenvalue weighted by molar-refractivity contribution is -0.149. The van der Waals surface area contributed by atoms with Gasteiger partial charge in [0.15, 0.2) is 6.61 Å². The molecule has 26 heavy (non-hydrogen) atoms. The molecule has 0 fully saturated rings. The normalized spacial score (nSPS) is 11.9. The van der Waals surface area contributed by atoms with Crippen molar-refractivity contribution in [2.24, 2.45) is 5.92 Å².